The van der Waals surface area contributed by atoms with E-state index in [9.17, 15) is 13.2 Å². The van der Waals surface area contributed by atoms with Crippen LogP contribution in [0.25, 0.3) is 0 Å². The molecule has 0 radical (unpaired) electrons. The number of hydrogen-bond donors (Lipinski definition) is 1. The number of rotatable bonds is 2. The fourth-order valence-electron chi connectivity index (χ4n) is 3.46. The summed E-state index contributed by atoms with van der Waals surface area (Å²) in [4.78, 5) is 18.8. The number of carbonyl (C=O) groups excluding carboxylic acids is 1. The van der Waals surface area contributed by atoms with Crippen molar-refractivity contribution in [2.75, 3.05) is 18.1 Å². The van der Waals surface area contributed by atoms with Crippen molar-refractivity contribution >= 4 is 27.5 Å². The number of nitrogens with zero attached hydrogens (tertiary/aromatic N) is 2. The van der Waals surface area contributed by atoms with Crippen LogP contribution in [0.15, 0.2) is 29.3 Å². The van der Waals surface area contributed by atoms with Gasteiger partial charge in [0.05, 0.1) is 17.2 Å². The molecule has 8 heteroatoms. The first kappa shape index (κ1) is 15.4. The summed E-state index contributed by atoms with van der Waals surface area (Å²) in [5, 5.41) is 2.66. The number of fused-ring (bicyclic) bond motifs is 2. The normalized spacial score (nSPS) is 27.2. The van der Waals surface area contributed by atoms with Crippen LogP contribution < -0.4 is 5.32 Å². The molecule has 1 N–H and O–H groups in total. The van der Waals surface area contributed by atoms with Crippen LogP contribution in [-0.2, 0) is 21.1 Å². The van der Waals surface area contributed by atoms with Crippen molar-refractivity contribution in [2.45, 2.75) is 31.5 Å². The number of sulfone groups is 1. The lowest BCUT2D eigenvalue weighted by Gasteiger charge is -2.26. The number of aliphatic imine (C=N–C) groups is 1. The number of para-hydroxylation sites is 1. The number of alkyl carbamates (subject to hydrolysis) is 1. The number of ether oxygens (including phenoxy) is 1. The van der Waals surface area contributed by atoms with Gasteiger partial charge in [-0.2, -0.15) is 0 Å². The number of nitrogens with one attached hydrogen (secondary N) is 1. The van der Waals surface area contributed by atoms with Gasteiger partial charge in [-0.25, -0.2) is 18.2 Å². The van der Waals surface area contributed by atoms with Gasteiger partial charge in [0.15, 0.2) is 15.9 Å². The fraction of sp³-hybridized carbons (Fsp3) is 0.500. The minimum atomic E-state index is -3.02. The zero-order valence-electron chi connectivity index (χ0n) is 13.1. The van der Waals surface area contributed by atoms with Gasteiger partial charge in [0.2, 0.25) is 0 Å². The van der Waals surface area contributed by atoms with Crippen molar-refractivity contribution in [1.29, 1.82) is 0 Å². The standard InChI is InChI=1S/C16H19N3O4S/c20-16(17-12-6-8-24(21,22)10-12)23-14-5-7-19-9-11-3-1-2-4-13(11)18-15(14)19/h1-4,12,14H,5-10H2,(H,17,20). The Kier molecular flexibility index (Phi) is 3.71. The second-order valence-electron chi connectivity index (χ2n) is 6.45. The maximum absolute atomic E-state index is 12.1. The van der Waals surface area contributed by atoms with Gasteiger partial charge >= 0.3 is 6.09 Å². The topological polar surface area (TPSA) is 88.1 Å². The first-order valence-corrected chi connectivity index (χ1v) is 9.91. The van der Waals surface area contributed by atoms with Gasteiger partial charge in [0.1, 0.15) is 5.84 Å². The Morgan fingerprint density at radius 2 is 2.12 bits per heavy atom. The molecule has 2 unspecified atom stereocenters. The van der Waals surface area contributed by atoms with Crippen LogP contribution in [0.2, 0.25) is 0 Å². The lowest BCUT2D eigenvalue weighted by molar-refractivity contribution is 0.125. The second kappa shape index (κ2) is 5.77. The number of hydrogen-bond acceptors (Lipinski definition) is 6. The zero-order valence-corrected chi connectivity index (χ0v) is 14.0. The zero-order chi connectivity index (χ0) is 16.7. The quantitative estimate of drug-likeness (QED) is 0.867. The molecule has 0 bridgehead atoms. The van der Waals surface area contributed by atoms with E-state index in [1.165, 1.54) is 5.56 Å². The molecular formula is C16H19N3O4S. The SMILES string of the molecule is O=C(NC1CCS(=O)(=O)C1)OC1CCN2Cc3ccccc3N=C12. The smallest absolute Gasteiger partial charge is 0.408 e. The summed E-state index contributed by atoms with van der Waals surface area (Å²) in [6, 6.07) is 7.59. The third-order valence-corrected chi connectivity index (χ3v) is 6.43. The summed E-state index contributed by atoms with van der Waals surface area (Å²) in [7, 11) is -3.02. The van der Waals surface area contributed by atoms with Gasteiger partial charge in [-0.1, -0.05) is 18.2 Å². The van der Waals surface area contributed by atoms with Crippen LogP contribution in [-0.4, -0.2) is 55.4 Å². The number of amidine groups is 1. The van der Waals surface area contributed by atoms with Crippen molar-refractivity contribution in [1.82, 2.24) is 10.2 Å². The van der Waals surface area contributed by atoms with Crippen LogP contribution in [0.4, 0.5) is 10.5 Å². The van der Waals surface area contributed by atoms with E-state index < -0.39 is 15.9 Å². The molecule has 3 heterocycles. The Labute approximate surface area is 140 Å². The Morgan fingerprint density at radius 1 is 1.29 bits per heavy atom. The largest absolute Gasteiger partial charge is 0.438 e. The Morgan fingerprint density at radius 3 is 2.92 bits per heavy atom. The van der Waals surface area contributed by atoms with Crippen molar-refractivity contribution in [2.24, 2.45) is 4.99 Å². The molecule has 1 aromatic rings. The van der Waals surface area contributed by atoms with E-state index in [1.54, 1.807) is 0 Å². The summed E-state index contributed by atoms with van der Waals surface area (Å²) in [5.74, 6) is 0.897. The van der Waals surface area contributed by atoms with Crippen LogP contribution in [0.5, 0.6) is 0 Å². The van der Waals surface area contributed by atoms with Crippen molar-refractivity contribution in [3.63, 3.8) is 0 Å². The highest BCUT2D eigenvalue weighted by molar-refractivity contribution is 7.91. The molecule has 0 saturated carbocycles. The number of carbonyl (C=O) groups is 1. The summed E-state index contributed by atoms with van der Waals surface area (Å²) in [5.41, 5.74) is 2.09. The highest BCUT2D eigenvalue weighted by Crippen LogP contribution is 2.31. The van der Waals surface area contributed by atoms with E-state index >= 15 is 0 Å². The second-order valence-corrected chi connectivity index (χ2v) is 8.68. The van der Waals surface area contributed by atoms with E-state index in [1.807, 2.05) is 18.2 Å². The number of amides is 1. The molecule has 3 aliphatic rings. The van der Waals surface area contributed by atoms with Crippen LogP contribution in [0, 0.1) is 0 Å². The van der Waals surface area contributed by atoms with Crippen LogP contribution in [0.1, 0.15) is 18.4 Å². The maximum Gasteiger partial charge on any atom is 0.408 e. The lowest BCUT2D eigenvalue weighted by atomic mass is 10.1. The fourth-order valence-corrected chi connectivity index (χ4v) is 5.13. The molecule has 2 fully saturated rings. The molecule has 3 aliphatic heterocycles. The van der Waals surface area contributed by atoms with Gasteiger partial charge in [0.25, 0.3) is 0 Å². The monoisotopic (exact) mass is 349 g/mol. The molecule has 2 saturated heterocycles. The summed E-state index contributed by atoms with van der Waals surface area (Å²) in [6.07, 6.45) is 0.202. The predicted octanol–water partition coefficient (Wildman–Crippen LogP) is 1.22. The third-order valence-electron chi connectivity index (χ3n) is 4.66. The molecule has 0 aromatic heterocycles. The molecule has 1 aromatic carbocycles. The van der Waals surface area contributed by atoms with Gasteiger partial charge in [-0.15, -0.1) is 0 Å². The Balaban J connectivity index is 1.42. The van der Waals surface area contributed by atoms with Gasteiger partial charge in [-0.05, 0) is 18.1 Å². The average molecular weight is 349 g/mol. The van der Waals surface area contributed by atoms with Gasteiger partial charge in [-0.3, -0.25) is 0 Å². The molecule has 1 amide bonds. The molecule has 4 rings (SSSR count). The molecule has 128 valence electrons. The van der Waals surface area contributed by atoms with E-state index in [4.69, 9.17) is 4.74 Å². The van der Waals surface area contributed by atoms with Crippen LogP contribution >= 0.6 is 0 Å². The highest BCUT2D eigenvalue weighted by Gasteiger charge is 2.36. The molecule has 24 heavy (non-hydrogen) atoms. The molecular weight excluding hydrogens is 330 g/mol. The van der Waals surface area contributed by atoms with Gasteiger partial charge < -0.3 is 15.0 Å². The minimum absolute atomic E-state index is 0.00673. The van der Waals surface area contributed by atoms with Crippen molar-refractivity contribution < 1.29 is 17.9 Å². The predicted molar refractivity (Wildman–Crippen MR) is 89.0 cm³/mol. The summed E-state index contributed by atoms with van der Waals surface area (Å²) >= 11 is 0. The maximum atomic E-state index is 12.1. The molecule has 7 nitrogen and oxygen atoms in total. The van der Waals surface area contributed by atoms with Crippen LogP contribution in [0.3, 0.4) is 0 Å². The van der Waals surface area contributed by atoms with Crippen molar-refractivity contribution in [3.8, 4) is 0 Å². The Bertz CT molecular complexity index is 805. The first-order valence-electron chi connectivity index (χ1n) is 8.09. The molecule has 0 spiro atoms. The van der Waals surface area contributed by atoms with E-state index in [0.717, 1.165) is 24.6 Å². The number of benzene rings is 1. The van der Waals surface area contributed by atoms with Crippen molar-refractivity contribution in [3.05, 3.63) is 29.8 Å². The van der Waals surface area contributed by atoms with E-state index in [-0.39, 0.29) is 23.7 Å². The summed E-state index contributed by atoms with van der Waals surface area (Å²) in [6.45, 7) is 1.57. The average Bonchev–Trinajstić information content (AvgIpc) is 3.08. The highest BCUT2D eigenvalue weighted by atomic mass is 32.2. The Hall–Kier alpha value is -2.09. The molecule has 0 aliphatic carbocycles. The molecule has 2 atom stereocenters. The minimum Gasteiger partial charge on any atom is -0.438 e. The van der Waals surface area contributed by atoms with Gasteiger partial charge in [0, 0.05) is 25.6 Å². The lowest BCUT2D eigenvalue weighted by Crippen LogP contribution is -2.40. The third kappa shape index (κ3) is 2.98. The summed E-state index contributed by atoms with van der Waals surface area (Å²) < 4.78 is 28.4. The van der Waals surface area contributed by atoms with E-state index in [0.29, 0.717) is 12.8 Å². The first-order chi connectivity index (χ1) is 11.5. The van der Waals surface area contributed by atoms with E-state index in [2.05, 4.69) is 21.3 Å².